The zero-order valence-electron chi connectivity index (χ0n) is 16.4. The third-order valence-corrected chi connectivity index (χ3v) is 5.54. The third-order valence-electron chi connectivity index (χ3n) is 5.29. The molecule has 2 aromatic rings. The molecule has 1 aliphatic heterocycles. The monoisotopic (exact) mass is 403 g/mol. The minimum Gasteiger partial charge on any atom is -0.488 e. The molecule has 3 rings (SSSR count). The molecule has 5 nitrogen and oxygen atoms in total. The van der Waals surface area contributed by atoms with Crippen molar-refractivity contribution < 1.29 is 19.3 Å². The van der Waals surface area contributed by atoms with Gasteiger partial charge in [0.1, 0.15) is 45.1 Å². The SMILES string of the molecule is C[C@@H](NC(=O)C[NH+]1CC[NH+](CCOc2ccccc2)CC1)c1ccc(Cl)cc1. The van der Waals surface area contributed by atoms with Crippen LogP contribution in [0.3, 0.4) is 0 Å². The molecule has 0 spiro atoms. The van der Waals surface area contributed by atoms with Crippen LogP contribution in [0.2, 0.25) is 5.02 Å². The molecular weight excluding hydrogens is 374 g/mol. The molecule has 1 fully saturated rings. The summed E-state index contributed by atoms with van der Waals surface area (Å²) in [6.07, 6.45) is 0. The van der Waals surface area contributed by atoms with E-state index in [4.69, 9.17) is 16.3 Å². The van der Waals surface area contributed by atoms with Crippen molar-refractivity contribution in [1.29, 1.82) is 0 Å². The van der Waals surface area contributed by atoms with Gasteiger partial charge >= 0.3 is 0 Å². The Morgan fingerprint density at radius 3 is 2.36 bits per heavy atom. The minimum absolute atomic E-state index is 0.00813. The first-order valence-electron chi connectivity index (χ1n) is 10.00. The molecule has 0 radical (unpaired) electrons. The van der Waals surface area contributed by atoms with Crippen LogP contribution in [0.15, 0.2) is 54.6 Å². The molecule has 0 aliphatic carbocycles. The quantitative estimate of drug-likeness (QED) is 0.597. The maximum Gasteiger partial charge on any atom is 0.275 e. The Labute approximate surface area is 172 Å². The predicted octanol–water partition coefficient (Wildman–Crippen LogP) is 0.380. The zero-order chi connectivity index (χ0) is 19.8. The number of ether oxygens (including phenoxy) is 1. The van der Waals surface area contributed by atoms with Gasteiger partial charge in [-0.2, -0.15) is 0 Å². The lowest BCUT2D eigenvalue weighted by atomic mass is 10.1. The Morgan fingerprint density at radius 1 is 1.04 bits per heavy atom. The van der Waals surface area contributed by atoms with E-state index in [1.807, 2.05) is 61.5 Å². The van der Waals surface area contributed by atoms with Crippen LogP contribution < -0.4 is 19.9 Å². The molecule has 1 atom stereocenters. The van der Waals surface area contributed by atoms with Crippen LogP contribution in [-0.4, -0.2) is 51.8 Å². The van der Waals surface area contributed by atoms with Gasteiger partial charge in [0, 0.05) is 5.02 Å². The van der Waals surface area contributed by atoms with Crippen molar-refractivity contribution in [3.05, 3.63) is 65.2 Å². The summed E-state index contributed by atoms with van der Waals surface area (Å²) < 4.78 is 5.79. The van der Waals surface area contributed by atoms with E-state index in [0.29, 0.717) is 11.6 Å². The Hall–Kier alpha value is -2.08. The number of amides is 1. The van der Waals surface area contributed by atoms with E-state index in [-0.39, 0.29) is 11.9 Å². The average molecular weight is 404 g/mol. The number of hydrogen-bond acceptors (Lipinski definition) is 2. The molecule has 1 heterocycles. The van der Waals surface area contributed by atoms with Crippen molar-refractivity contribution in [2.24, 2.45) is 0 Å². The number of quaternary nitrogens is 2. The number of carbonyl (C=O) groups is 1. The maximum atomic E-state index is 12.4. The molecule has 1 saturated heterocycles. The highest BCUT2D eigenvalue weighted by Crippen LogP contribution is 2.15. The molecule has 0 saturated carbocycles. The molecule has 0 unspecified atom stereocenters. The van der Waals surface area contributed by atoms with E-state index >= 15 is 0 Å². The summed E-state index contributed by atoms with van der Waals surface area (Å²) in [6, 6.07) is 17.6. The van der Waals surface area contributed by atoms with Crippen LogP contribution in [-0.2, 0) is 4.79 Å². The van der Waals surface area contributed by atoms with Crippen molar-refractivity contribution in [2.75, 3.05) is 45.9 Å². The fourth-order valence-corrected chi connectivity index (χ4v) is 3.69. The van der Waals surface area contributed by atoms with Gasteiger partial charge in [0.25, 0.3) is 5.91 Å². The van der Waals surface area contributed by atoms with Gasteiger partial charge in [-0.15, -0.1) is 0 Å². The number of carbonyl (C=O) groups excluding carboxylic acids is 1. The highest BCUT2D eigenvalue weighted by atomic mass is 35.5. The van der Waals surface area contributed by atoms with Crippen LogP contribution >= 0.6 is 11.6 Å². The van der Waals surface area contributed by atoms with Gasteiger partial charge < -0.3 is 19.9 Å². The van der Waals surface area contributed by atoms with Crippen molar-refractivity contribution in [3.63, 3.8) is 0 Å². The lowest BCUT2D eigenvalue weighted by Gasteiger charge is -2.29. The maximum absolute atomic E-state index is 12.4. The number of piperazine rings is 1. The molecule has 0 bridgehead atoms. The second kappa shape index (κ2) is 10.5. The smallest absolute Gasteiger partial charge is 0.275 e. The molecule has 2 aromatic carbocycles. The fraction of sp³-hybridized carbons (Fsp3) is 0.409. The van der Waals surface area contributed by atoms with Crippen LogP contribution in [0.4, 0.5) is 0 Å². The normalized spacial score (nSPS) is 20.4. The number of para-hydroxylation sites is 1. The largest absolute Gasteiger partial charge is 0.488 e. The minimum atomic E-state index is -0.00813. The van der Waals surface area contributed by atoms with E-state index < -0.39 is 0 Å². The van der Waals surface area contributed by atoms with E-state index in [1.165, 1.54) is 4.90 Å². The van der Waals surface area contributed by atoms with Crippen LogP contribution in [0.25, 0.3) is 0 Å². The zero-order valence-corrected chi connectivity index (χ0v) is 17.2. The summed E-state index contributed by atoms with van der Waals surface area (Å²) in [7, 11) is 0. The number of halogens is 1. The Morgan fingerprint density at radius 2 is 1.68 bits per heavy atom. The van der Waals surface area contributed by atoms with Gasteiger partial charge in [-0.1, -0.05) is 41.9 Å². The Balaban J connectivity index is 1.33. The van der Waals surface area contributed by atoms with Crippen molar-refractivity contribution in [1.82, 2.24) is 5.32 Å². The standard InChI is InChI=1S/C22H28ClN3O2/c1-18(19-7-9-20(23)10-8-19)24-22(27)17-26-13-11-25(12-14-26)15-16-28-21-5-3-2-4-6-21/h2-10,18H,11-17H2,1H3,(H,24,27)/p+2/t18-/m1/s1. The van der Waals surface area contributed by atoms with Gasteiger partial charge in [0.05, 0.1) is 6.04 Å². The first-order valence-corrected chi connectivity index (χ1v) is 10.4. The predicted molar refractivity (Wildman–Crippen MR) is 111 cm³/mol. The first-order chi connectivity index (χ1) is 13.6. The average Bonchev–Trinajstić information content (AvgIpc) is 2.70. The second-order valence-corrected chi connectivity index (χ2v) is 7.87. The lowest BCUT2D eigenvalue weighted by molar-refractivity contribution is -1.01. The topological polar surface area (TPSA) is 47.2 Å². The molecular formula is C22H30ClN3O2+2. The number of hydrogen-bond donors (Lipinski definition) is 3. The van der Waals surface area contributed by atoms with Crippen LogP contribution in [0.1, 0.15) is 18.5 Å². The molecule has 28 heavy (non-hydrogen) atoms. The lowest BCUT2D eigenvalue weighted by Crippen LogP contribution is -3.28. The first kappa shape index (κ1) is 20.6. The van der Waals surface area contributed by atoms with Gasteiger partial charge in [-0.3, -0.25) is 4.79 Å². The number of nitrogens with one attached hydrogen (secondary N) is 3. The summed E-state index contributed by atoms with van der Waals surface area (Å²) in [4.78, 5) is 15.3. The van der Waals surface area contributed by atoms with Crippen LogP contribution in [0, 0.1) is 0 Å². The Kier molecular flexibility index (Phi) is 7.71. The molecule has 6 heteroatoms. The van der Waals surface area contributed by atoms with E-state index in [1.54, 1.807) is 4.90 Å². The van der Waals surface area contributed by atoms with E-state index in [9.17, 15) is 4.79 Å². The fourth-order valence-electron chi connectivity index (χ4n) is 3.57. The van der Waals surface area contributed by atoms with Gasteiger partial charge in [0.15, 0.2) is 6.54 Å². The summed E-state index contributed by atoms with van der Waals surface area (Å²) in [6.45, 7) is 8.46. The van der Waals surface area contributed by atoms with E-state index in [2.05, 4.69) is 5.32 Å². The molecule has 0 aromatic heterocycles. The summed E-state index contributed by atoms with van der Waals surface area (Å²) in [5, 5.41) is 3.81. The summed E-state index contributed by atoms with van der Waals surface area (Å²) in [5.41, 5.74) is 1.07. The third kappa shape index (κ3) is 6.51. The number of rotatable bonds is 8. The van der Waals surface area contributed by atoms with Gasteiger partial charge in [0.2, 0.25) is 0 Å². The van der Waals surface area contributed by atoms with Gasteiger partial charge in [-0.05, 0) is 36.8 Å². The van der Waals surface area contributed by atoms with E-state index in [0.717, 1.165) is 50.6 Å². The molecule has 1 amide bonds. The summed E-state index contributed by atoms with van der Waals surface area (Å²) in [5.74, 6) is 1.03. The van der Waals surface area contributed by atoms with Crippen molar-refractivity contribution in [3.8, 4) is 5.75 Å². The second-order valence-electron chi connectivity index (χ2n) is 7.43. The number of benzene rings is 2. The Bertz CT molecular complexity index is 731. The molecule has 3 N–H and O–H groups in total. The van der Waals surface area contributed by atoms with Crippen molar-refractivity contribution in [2.45, 2.75) is 13.0 Å². The van der Waals surface area contributed by atoms with Gasteiger partial charge in [-0.25, -0.2) is 0 Å². The molecule has 1 aliphatic rings. The highest BCUT2D eigenvalue weighted by molar-refractivity contribution is 6.30. The molecule has 150 valence electrons. The summed E-state index contributed by atoms with van der Waals surface area (Å²) >= 11 is 5.93. The van der Waals surface area contributed by atoms with Crippen molar-refractivity contribution >= 4 is 17.5 Å². The van der Waals surface area contributed by atoms with Crippen LogP contribution in [0.5, 0.6) is 5.75 Å². The highest BCUT2D eigenvalue weighted by Gasteiger charge is 2.25.